The van der Waals surface area contributed by atoms with Gasteiger partial charge in [-0.3, -0.25) is 0 Å². The van der Waals surface area contributed by atoms with Crippen LogP contribution >= 0.6 is 34.5 Å². The number of methoxy groups -OCH3 is 1. The minimum absolute atomic E-state index is 0.268. The van der Waals surface area contributed by atoms with E-state index in [9.17, 15) is 4.79 Å². The predicted octanol–water partition coefficient (Wildman–Crippen LogP) is 4.21. The minimum atomic E-state index is -0.481. The topological polar surface area (TPSA) is 39.2 Å². The van der Waals surface area contributed by atoms with Gasteiger partial charge in [-0.2, -0.15) is 0 Å². The number of thiazole rings is 1. The maximum absolute atomic E-state index is 11.7. The first-order valence-corrected chi connectivity index (χ1v) is 6.62. The third-order valence-electron chi connectivity index (χ3n) is 2.31. The van der Waals surface area contributed by atoms with Crippen LogP contribution in [-0.2, 0) is 4.74 Å². The summed E-state index contributed by atoms with van der Waals surface area (Å²) in [5.74, 6) is -0.481. The van der Waals surface area contributed by atoms with E-state index < -0.39 is 5.97 Å². The number of nitrogens with zero attached hydrogens (tertiary/aromatic N) is 1. The lowest BCUT2D eigenvalue weighted by molar-refractivity contribution is 0.0595. The van der Waals surface area contributed by atoms with Gasteiger partial charge in [0.15, 0.2) is 5.69 Å². The van der Waals surface area contributed by atoms with Gasteiger partial charge in [-0.1, -0.05) is 35.3 Å². The van der Waals surface area contributed by atoms with Crippen molar-refractivity contribution in [3.05, 3.63) is 38.9 Å². The molecule has 0 atom stereocenters. The van der Waals surface area contributed by atoms with Crippen LogP contribution in [0.2, 0.25) is 10.0 Å². The van der Waals surface area contributed by atoms with Gasteiger partial charge in [-0.25, -0.2) is 9.78 Å². The first kappa shape index (κ1) is 13.3. The Morgan fingerprint density at radius 2 is 2.11 bits per heavy atom. The summed E-state index contributed by atoms with van der Waals surface area (Å²) < 4.78 is 4.71. The smallest absolute Gasteiger partial charge is 0.358 e. The summed E-state index contributed by atoms with van der Waals surface area (Å²) in [6.45, 7) is 1.82. The van der Waals surface area contributed by atoms with Gasteiger partial charge in [0.1, 0.15) is 0 Å². The van der Waals surface area contributed by atoms with Crippen molar-refractivity contribution in [3.63, 3.8) is 0 Å². The summed E-state index contributed by atoms with van der Waals surface area (Å²) in [5.41, 5.74) is 0.958. The number of carbonyl (C=O) groups excluding carboxylic acids is 1. The highest BCUT2D eigenvalue weighted by atomic mass is 35.5. The van der Waals surface area contributed by atoms with Crippen molar-refractivity contribution >= 4 is 40.5 Å². The number of rotatable bonds is 2. The van der Waals surface area contributed by atoms with Crippen LogP contribution in [-0.4, -0.2) is 18.1 Å². The van der Waals surface area contributed by atoms with Gasteiger partial charge in [0, 0.05) is 5.56 Å². The lowest BCUT2D eigenvalue weighted by Gasteiger charge is -2.04. The van der Waals surface area contributed by atoms with E-state index in [1.54, 1.807) is 18.2 Å². The zero-order chi connectivity index (χ0) is 13.3. The Morgan fingerprint density at radius 3 is 2.78 bits per heavy atom. The van der Waals surface area contributed by atoms with Crippen molar-refractivity contribution in [1.29, 1.82) is 0 Å². The molecule has 0 spiro atoms. The Bertz CT molecular complexity index is 610. The van der Waals surface area contributed by atoms with Crippen molar-refractivity contribution < 1.29 is 9.53 Å². The van der Waals surface area contributed by atoms with Crippen LogP contribution in [0.3, 0.4) is 0 Å². The molecule has 0 aliphatic carbocycles. The fourth-order valence-corrected chi connectivity index (χ4v) is 2.91. The van der Waals surface area contributed by atoms with Crippen molar-refractivity contribution in [2.75, 3.05) is 7.11 Å². The van der Waals surface area contributed by atoms with Gasteiger partial charge in [0.25, 0.3) is 0 Å². The largest absolute Gasteiger partial charge is 0.464 e. The number of benzene rings is 1. The van der Waals surface area contributed by atoms with Crippen molar-refractivity contribution in [2.24, 2.45) is 0 Å². The predicted molar refractivity (Wildman–Crippen MR) is 73.6 cm³/mol. The highest BCUT2D eigenvalue weighted by Crippen LogP contribution is 2.38. The third kappa shape index (κ3) is 2.36. The molecule has 0 aliphatic heterocycles. The first-order valence-electron chi connectivity index (χ1n) is 5.04. The highest BCUT2D eigenvalue weighted by molar-refractivity contribution is 7.15. The summed E-state index contributed by atoms with van der Waals surface area (Å²) in [7, 11) is 1.32. The summed E-state index contributed by atoms with van der Waals surface area (Å²) in [6.07, 6.45) is 0. The van der Waals surface area contributed by atoms with E-state index in [1.807, 2.05) is 6.92 Å². The molecule has 0 amide bonds. The average Bonchev–Trinajstić information content (AvgIpc) is 2.73. The molecular weight excluding hydrogens is 293 g/mol. The van der Waals surface area contributed by atoms with E-state index in [4.69, 9.17) is 27.9 Å². The highest BCUT2D eigenvalue weighted by Gasteiger charge is 2.21. The van der Waals surface area contributed by atoms with Gasteiger partial charge in [0.2, 0.25) is 0 Å². The molecule has 18 heavy (non-hydrogen) atoms. The van der Waals surface area contributed by atoms with Gasteiger partial charge in [0.05, 0.1) is 27.0 Å². The molecular formula is C12H9Cl2NO2S. The Labute approximate surface area is 118 Å². The fraction of sp³-hybridized carbons (Fsp3) is 0.167. The Kier molecular flexibility index (Phi) is 3.90. The van der Waals surface area contributed by atoms with E-state index in [2.05, 4.69) is 4.98 Å². The van der Waals surface area contributed by atoms with E-state index in [0.29, 0.717) is 20.5 Å². The van der Waals surface area contributed by atoms with E-state index in [1.165, 1.54) is 18.4 Å². The number of aromatic nitrogens is 1. The monoisotopic (exact) mass is 301 g/mol. The van der Waals surface area contributed by atoms with Crippen LogP contribution < -0.4 is 0 Å². The number of carbonyl (C=O) groups is 1. The van der Waals surface area contributed by atoms with Crippen LogP contribution in [0.25, 0.3) is 10.4 Å². The zero-order valence-corrected chi connectivity index (χ0v) is 12.0. The summed E-state index contributed by atoms with van der Waals surface area (Å²) in [6, 6.07) is 5.27. The molecule has 0 aliphatic rings. The molecule has 2 rings (SSSR count). The minimum Gasteiger partial charge on any atom is -0.464 e. The van der Waals surface area contributed by atoms with Crippen LogP contribution in [0.5, 0.6) is 0 Å². The first-order chi connectivity index (χ1) is 8.54. The number of ether oxygens (including phenoxy) is 1. The lowest BCUT2D eigenvalue weighted by atomic mass is 10.1. The van der Waals surface area contributed by atoms with Crippen LogP contribution in [0.1, 0.15) is 15.5 Å². The van der Waals surface area contributed by atoms with Crippen molar-refractivity contribution in [1.82, 2.24) is 4.98 Å². The molecule has 3 nitrogen and oxygen atoms in total. The Balaban J connectivity index is 2.64. The normalized spacial score (nSPS) is 10.4. The second-order valence-corrected chi connectivity index (χ2v) is 5.49. The molecule has 0 bridgehead atoms. The van der Waals surface area contributed by atoms with Crippen molar-refractivity contribution in [2.45, 2.75) is 6.92 Å². The maximum atomic E-state index is 11.7. The standard InChI is InChI=1S/C12H9Cl2NO2S/c1-6-15-10(12(16)17-2)11(18-6)7-4-3-5-8(13)9(7)14/h3-5H,1-2H3. The van der Waals surface area contributed by atoms with Crippen LogP contribution in [0, 0.1) is 6.92 Å². The second kappa shape index (κ2) is 5.26. The maximum Gasteiger partial charge on any atom is 0.358 e. The van der Waals surface area contributed by atoms with Crippen LogP contribution in [0.4, 0.5) is 0 Å². The molecule has 1 aromatic heterocycles. The molecule has 0 fully saturated rings. The molecule has 0 N–H and O–H groups in total. The van der Waals surface area contributed by atoms with Crippen molar-refractivity contribution in [3.8, 4) is 10.4 Å². The number of hydrogen-bond donors (Lipinski definition) is 0. The quantitative estimate of drug-likeness (QED) is 0.780. The number of halogens is 2. The van der Waals surface area contributed by atoms with Gasteiger partial charge < -0.3 is 4.74 Å². The number of hydrogen-bond acceptors (Lipinski definition) is 4. The molecule has 1 aromatic carbocycles. The SMILES string of the molecule is COC(=O)c1nc(C)sc1-c1cccc(Cl)c1Cl. The number of aryl methyl sites for hydroxylation is 1. The molecule has 0 radical (unpaired) electrons. The molecule has 94 valence electrons. The molecule has 2 aromatic rings. The fourth-order valence-electron chi connectivity index (χ4n) is 1.52. The second-order valence-electron chi connectivity index (χ2n) is 3.50. The Hall–Kier alpha value is -1.10. The molecule has 6 heteroatoms. The molecule has 0 unspecified atom stereocenters. The van der Waals surface area contributed by atoms with Crippen LogP contribution in [0.15, 0.2) is 18.2 Å². The van der Waals surface area contributed by atoms with Gasteiger partial charge in [-0.05, 0) is 13.0 Å². The van der Waals surface area contributed by atoms with E-state index in [-0.39, 0.29) is 5.69 Å². The lowest BCUT2D eigenvalue weighted by Crippen LogP contribution is -2.03. The molecule has 0 saturated heterocycles. The average molecular weight is 302 g/mol. The Morgan fingerprint density at radius 1 is 1.39 bits per heavy atom. The third-order valence-corrected chi connectivity index (χ3v) is 4.13. The molecule has 0 saturated carbocycles. The van der Waals surface area contributed by atoms with Gasteiger partial charge in [-0.15, -0.1) is 11.3 Å². The summed E-state index contributed by atoms with van der Waals surface area (Å²) in [4.78, 5) is 16.5. The molecule has 1 heterocycles. The van der Waals surface area contributed by atoms with E-state index >= 15 is 0 Å². The summed E-state index contributed by atoms with van der Waals surface area (Å²) in [5, 5.41) is 1.62. The summed E-state index contributed by atoms with van der Waals surface area (Å²) >= 11 is 13.5. The van der Waals surface area contributed by atoms with Gasteiger partial charge >= 0.3 is 5.97 Å². The zero-order valence-electron chi connectivity index (χ0n) is 9.66. The van der Waals surface area contributed by atoms with E-state index in [0.717, 1.165) is 5.01 Å². The number of esters is 1.